The van der Waals surface area contributed by atoms with Crippen molar-refractivity contribution in [2.45, 2.75) is 46.0 Å². The summed E-state index contributed by atoms with van der Waals surface area (Å²) in [5, 5.41) is 5.45. The third-order valence-electron chi connectivity index (χ3n) is 5.95. The molecule has 6 heteroatoms. The molecule has 0 saturated carbocycles. The van der Waals surface area contributed by atoms with Gasteiger partial charge in [0.2, 0.25) is 5.91 Å². The smallest absolute Gasteiger partial charge is 0.250 e. The third kappa shape index (κ3) is 6.26. The number of hydrogen-bond donors (Lipinski definition) is 1. The summed E-state index contributed by atoms with van der Waals surface area (Å²) in [7, 11) is 1.62. The minimum Gasteiger partial charge on any atom is -0.493 e. The highest BCUT2D eigenvalue weighted by atomic mass is 32.1. The molecule has 1 aromatic heterocycles. The molecule has 34 heavy (non-hydrogen) atoms. The minimum absolute atomic E-state index is 0.220. The molecule has 0 bridgehead atoms. The number of fused-ring (bicyclic) bond motifs is 1. The van der Waals surface area contributed by atoms with Gasteiger partial charge in [0.15, 0.2) is 16.6 Å². The van der Waals surface area contributed by atoms with Gasteiger partial charge in [-0.2, -0.15) is 0 Å². The van der Waals surface area contributed by atoms with E-state index in [1.165, 1.54) is 47.8 Å². The zero-order valence-electron chi connectivity index (χ0n) is 20.1. The second-order valence-corrected chi connectivity index (χ2v) is 9.85. The quantitative estimate of drug-likeness (QED) is 0.346. The van der Waals surface area contributed by atoms with Crippen LogP contribution in [0.15, 0.2) is 47.9 Å². The Morgan fingerprint density at radius 1 is 1.12 bits per heavy atom. The summed E-state index contributed by atoms with van der Waals surface area (Å²) in [6.45, 7) is 4.98. The molecular weight excluding hydrogens is 444 g/mol. The molecule has 1 heterocycles. The number of hydrogen-bond acceptors (Lipinski definition) is 5. The average Bonchev–Trinajstić information content (AvgIpc) is 3.31. The Hall–Kier alpha value is -3.12. The van der Waals surface area contributed by atoms with Crippen molar-refractivity contribution in [2.75, 3.05) is 19.0 Å². The van der Waals surface area contributed by atoms with E-state index < -0.39 is 0 Å². The van der Waals surface area contributed by atoms with E-state index in [9.17, 15) is 4.79 Å². The van der Waals surface area contributed by atoms with Gasteiger partial charge in [0, 0.05) is 17.0 Å². The Labute approximate surface area is 205 Å². The zero-order chi connectivity index (χ0) is 23.9. The van der Waals surface area contributed by atoms with Crippen LogP contribution in [-0.4, -0.2) is 24.6 Å². The van der Waals surface area contributed by atoms with Gasteiger partial charge in [-0.05, 0) is 79.0 Å². The molecule has 1 N–H and O–H groups in total. The lowest BCUT2D eigenvalue weighted by Gasteiger charge is -2.16. The summed E-state index contributed by atoms with van der Waals surface area (Å²) in [4.78, 5) is 17.1. The van der Waals surface area contributed by atoms with Crippen molar-refractivity contribution in [2.24, 2.45) is 5.92 Å². The largest absolute Gasteiger partial charge is 0.493 e. The summed E-state index contributed by atoms with van der Waals surface area (Å²) < 4.78 is 11.3. The highest BCUT2D eigenvalue weighted by molar-refractivity contribution is 7.14. The van der Waals surface area contributed by atoms with E-state index in [-0.39, 0.29) is 5.91 Å². The summed E-state index contributed by atoms with van der Waals surface area (Å²) in [6, 6.07) is 12.3. The second-order valence-electron chi connectivity index (χ2n) is 8.99. The van der Waals surface area contributed by atoms with Crippen molar-refractivity contribution in [3.05, 3.63) is 64.5 Å². The number of benzene rings is 2. The van der Waals surface area contributed by atoms with Gasteiger partial charge >= 0.3 is 0 Å². The Kier molecular flexibility index (Phi) is 8.01. The Morgan fingerprint density at radius 2 is 1.94 bits per heavy atom. The first-order valence-corrected chi connectivity index (χ1v) is 12.8. The summed E-state index contributed by atoms with van der Waals surface area (Å²) in [6.07, 6.45) is 9.08. The van der Waals surface area contributed by atoms with Crippen LogP contribution in [0.3, 0.4) is 0 Å². The Balaban J connectivity index is 1.36. The number of nitrogens with zero attached hydrogens (tertiary/aromatic N) is 1. The lowest BCUT2D eigenvalue weighted by Crippen LogP contribution is -2.07. The topological polar surface area (TPSA) is 60.5 Å². The number of rotatable bonds is 9. The predicted octanol–water partition coefficient (Wildman–Crippen LogP) is 6.77. The average molecular weight is 477 g/mol. The van der Waals surface area contributed by atoms with Gasteiger partial charge in [0.05, 0.1) is 19.4 Å². The molecule has 0 unspecified atom stereocenters. The van der Waals surface area contributed by atoms with Crippen LogP contribution in [-0.2, 0) is 17.6 Å². The first kappa shape index (κ1) is 24.0. The van der Waals surface area contributed by atoms with Gasteiger partial charge in [-0.25, -0.2) is 4.98 Å². The minimum atomic E-state index is -0.220. The molecule has 0 fully saturated rings. The number of carbonyl (C=O) groups is 1. The second kappa shape index (κ2) is 11.3. The molecule has 0 saturated heterocycles. The van der Waals surface area contributed by atoms with Gasteiger partial charge in [0.25, 0.3) is 0 Å². The van der Waals surface area contributed by atoms with Crippen LogP contribution >= 0.6 is 11.3 Å². The normalized spacial score (nSPS) is 13.2. The van der Waals surface area contributed by atoms with Crippen LogP contribution < -0.4 is 14.8 Å². The highest BCUT2D eigenvalue weighted by Crippen LogP contribution is 2.30. The van der Waals surface area contributed by atoms with Crippen molar-refractivity contribution >= 4 is 28.5 Å². The Morgan fingerprint density at radius 3 is 2.74 bits per heavy atom. The summed E-state index contributed by atoms with van der Waals surface area (Å²) in [5.41, 5.74) is 5.75. The van der Waals surface area contributed by atoms with Gasteiger partial charge in [-0.3, -0.25) is 10.1 Å². The van der Waals surface area contributed by atoms with E-state index in [4.69, 9.17) is 9.47 Å². The van der Waals surface area contributed by atoms with Gasteiger partial charge < -0.3 is 9.47 Å². The summed E-state index contributed by atoms with van der Waals surface area (Å²) in [5.74, 6) is 1.73. The van der Waals surface area contributed by atoms with Gasteiger partial charge in [0.1, 0.15) is 0 Å². The first-order valence-electron chi connectivity index (χ1n) is 11.9. The fraction of sp³-hybridized carbons (Fsp3) is 0.357. The number of aromatic nitrogens is 1. The molecule has 178 valence electrons. The monoisotopic (exact) mass is 476 g/mol. The van der Waals surface area contributed by atoms with E-state index in [1.54, 1.807) is 13.2 Å². The van der Waals surface area contributed by atoms with Crippen molar-refractivity contribution in [3.63, 3.8) is 0 Å². The number of anilines is 1. The fourth-order valence-corrected chi connectivity index (χ4v) is 4.71. The van der Waals surface area contributed by atoms with E-state index in [0.717, 1.165) is 29.7 Å². The summed E-state index contributed by atoms with van der Waals surface area (Å²) >= 11 is 1.44. The number of methoxy groups -OCH3 is 1. The zero-order valence-corrected chi connectivity index (χ0v) is 20.9. The van der Waals surface area contributed by atoms with Crippen LogP contribution in [0, 0.1) is 5.92 Å². The van der Waals surface area contributed by atoms with Crippen LogP contribution in [0.5, 0.6) is 11.5 Å². The molecule has 4 rings (SSSR count). The van der Waals surface area contributed by atoms with Crippen LogP contribution in [0.25, 0.3) is 17.3 Å². The van der Waals surface area contributed by atoms with Gasteiger partial charge in [-0.1, -0.05) is 32.0 Å². The molecule has 1 aliphatic rings. The van der Waals surface area contributed by atoms with E-state index in [2.05, 4.69) is 42.3 Å². The van der Waals surface area contributed by atoms with Gasteiger partial charge in [-0.15, -0.1) is 11.3 Å². The van der Waals surface area contributed by atoms with Crippen LogP contribution in [0.4, 0.5) is 5.13 Å². The molecule has 1 amide bonds. The van der Waals surface area contributed by atoms with Crippen molar-refractivity contribution in [3.8, 4) is 22.8 Å². The number of ether oxygens (including phenoxy) is 2. The Bertz CT molecular complexity index is 1170. The number of carbonyl (C=O) groups excluding carboxylic acids is 1. The maximum absolute atomic E-state index is 12.5. The number of amides is 1. The first-order chi connectivity index (χ1) is 16.5. The molecule has 2 aromatic carbocycles. The third-order valence-corrected chi connectivity index (χ3v) is 6.70. The molecule has 5 nitrogen and oxygen atoms in total. The number of thiazole rings is 1. The van der Waals surface area contributed by atoms with E-state index >= 15 is 0 Å². The molecular formula is C28H32N2O3S. The molecule has 1 aliphatic carbocycles. The van der Waals surface area contributed by atoms with Crippen molar-refractivity contribution in [1.82, 2.24) is 4.98 Å². The molecule has 0 atom stereocenters. The number of nitrogens with one attached hydrogen (secondary N) is 1. The lowest BCUT2D eigenvalue weighted by atomic mass is 9.90. The lowest BCUT2D eigenvalue weighted by molar-refractivity contribution is -0.111. The maximum Gasteiger partial charge on any atom is 0.250 e. The SMILES string of the molecule is COc1cc(/C=C/C(=O)Nc2nc(-c3ccc4c(c3)CCCC4)cs2)ccc1OCCC(C)C. The number of aryl methyl sites for hydroxylation is 2. The standard InChI is InChI=1S/C28H32N2O3S/c1-19(2)14-15-33-25-12-8-20(16-26(25)32-3)9-13-27(31)30-28-29-24(18-34-28)23-11-10-21-6-4-5-7-22(21)17-23/h8-13,16-19H,4-7,14-15H2,1-3H3,(H,29,30,31)/b13-9+. The molecule has 3 aromatic rings. The van der Waals surface area contributed by atoms with Crippen molar-refractivity contribution in [1.29, 1.82) is 0 Å². The molecule has 0 radical (unpaired) electrons. The highest BCUT2D eigenvalue weighted by Gasteiger charge is 2.12. The molecule has 0 aliphatic heterocycles. The van der Waals surface area contributed by atoms with Crippen LogP contribution in [0.2, 0.25) is 0 Å². The fourth-order valence-electron chi connectivity index (χ4n) is 3.99. The van der Waals surface area contributed by atoms with E-state index in [0.29, 0.717) is 29.2 Å². The van der Waals surface area contributed by atoms with Crippen molar-refractivity contribution < 1.29 is 14.3 Å². The maximum atomic E-state index is 12.5. The van der Waals surface area contributed by atoms with E-state index in [1.807, 2.05) is 23.6 Å². The van der Waals surface area contributed by atoms with Crippen LogP contribution in [0.1, 0.15) is 49.8 Å². The molecule has 0 spiro atoms. The predicted molar refractivity (Wildman–Crippen MR) is 140 cm³/mol.